The van der Waals surface area contributed by atoms with Crippen LogP contribution in [0.5, 0.6) is 0 Å². The maximum Gasteiger partial charge on any atom is 0.199 e. The third-order valence-corrected chi connectivity index (χ3v) is 4.76. The lowest BCUT2D eigenvalue weighted by Crippen LogP contribution is -1.99. The van der Waals surface area contributed by atoms with Crippen molar-refractivity contribution >= 4 is 25.8 Å². The second-order valence-corrected chi connectivity index (χ2v) is 5.38. The fraction of sp³-hybridized carbons (Fsp3) is 0.429. The van der Waals surface area contributed by atoms with Crippen molar-refractivity contribution in [1.29, 1.82) is 0 Å². The van der Waals surface area contributed by atoms with Crippen LogP contribution in [0.1, 0.15) is 20.3 Å². The molecule has 1 rings (SSSR count). The summed E-state index contributed by atoms with van der Waals surface area (Å²) in [5, 5.41) is 0. The predicted molar refractivity (Wildman–Crippen MR) is 48.9 cm³/mol. The van der Waals surface area contributed by atoms with Gasteiger partial charge in [0.25, 0.3) is 0 Å². The Bertz CT molecular complexity index is 335. The van der Waals surface area contributed by atoms with Gasteiger partial charge in [-0.1, -0.05) is 6.92 Å². The zero-order valence-corrected chi connectivity index (χ0v) is 8.79. The molecule has 0 aromatic rings. The van der Waals surface area contributed by atoms with E-state index in [1.54, 1.807) is 13.0 Å². The van der Waals surface area contributed by atoms with Crippen molar-refractivity contribution in [2.75, 3.05) is 0 Å². The molecule has 0 bridgehead atoms. The van der Waals surface area contributed by atoms with Gasteiger partial charge in [-0.2, -0.15) is 0 Å². The second kappa shape index (κ2) is 2.75. The number of hydrogen-bond acceptors (Lipinski definition) is 2. The third kappa shape index (κ3) is 1.29. The molecule has 11 heavy (non-hydrogen) atoms. The standard InChI is InChI=1S/C7H9BrO2S/c1-3-7-6(8)4-5(2)11(7,9)10/h4H,3H2,1-2H3. The van der Waals surface area contributed by atoms with E-state index in [1.807, 2.05) is 6.92 Å². The summed E-state index contributed by atoms with van der Waals surface area (Å²) in [6.45, 7) is 3.44. The Morgan fingerprint density at radius 1 is 1.55 bits per heavy atom. The normalized spacial score (nSPS) is 22.3. The number of allylic oxidation sites excluding steroid dienone is 4. The van der Waals surface area contributed by atoms with Crippen molar-refractivity contribution in [3.63, 3.8) is 0 Å². The minimum absolute atomic E-state index is 0.432. The van der Waals surface area contributed by atoms with E-state index >= 15 is 0 Å². The Balaban J connectivity index is 3.30. The van der Waals surface area contributed by atoms with Gasteiger partial charge < -0.3 is 0 Å². The maximum absolute atomic E-state index is 11.4. The molecule has 0 fully saturated rings. The molecule has 0 atom stereocenters. The summed E-state index contributed by atoms with van der Waals surface area (Å²) in [4.78, 5) is 0.927. The van der Waals surface area contributed by atoms with Gasteiger partial charge in [-0.15, -0.1) is 0 Å². The molecule has 1 heterocycles. The van der Waals surface area contributed by atoms with E-state index < -0.39 is 9.84 Å². The molecule has 0 amide bonds. The molecule has 0 saturated carbocycles. The second-order valence-electron chi connectivity index (χ2n) is 2.38. The molecule has 62 valence electrons. The number of halogens is 1. The van der Waals surface area contributed by atoms with Gasteiger partial charge in [0.2, 0.25) is 0 Å². The van der Waals surface area contributed by atoms with Crippen molar-refractivity contribution < 1.29 is 8.42 Å². The zero-order chi connectivity index (χ0) is 8.65. The van der Waals surface area contributed by atoms with E-state index in [0.717, 1.165) is 0 Å². The van der Waals surface area contributed by atoms with Gasteiger partial charge in [0.05, 0.1) is 4.91 Å². The van der Waals surface area contributed by atoms with Gasteiger partial charge in [-0.25, -0.2) is 8.42 Å². The third-order valence-electron chi connectivity index (χ3n) is 1.67. The van der Waals surface area contributed by atoms with E-state index in [4.69, 9.17) is 0 Å². The largest absolute Gasteiger partial charge is 0.219 e. The predicted octanol–water partition coefficient (Wildman–Crippen LogP) is 2.34. The van der Waals surface area contributed by atoms with Crippen LogP contribution in [0.2, 0.25) is 0 Å². The maximum atomic E-state index is 11.4. The Morgan fingerprint density at radius 2 is 2.09 bits per heavy atom. The first-order chi connectivity index (χ1) is 5.00. The van der Waals surface area contributed by atoms with E-state index in [1.165, 1.54) is 0 Å². The van der Waals surface area contributed by atoms with Crippen molar-refractivity contribution in [2.45, 2.75) is 20.3 Å². The van der Waals surface area contributed by atoms with E-state index in [-0.39, 0.29) is 0 Å². The van der Waals surface area contributed by atoms with E-state index in [2.05, 4.69) is 15.9 Å². The van der Waals surface area contributed by atoms with Crippen LogP contribution in [-0.4, -0.2) is 8.42 Å². The molecule has 0 spiro atoms. The molecule has 4 heteroatoms. The Morgan fingerprint density at radius 3 is 2.27 bits per heavy atom. The summed E-state index contributed by atoms with van der Waals surface area (Å²) >= 11 is 3.20. The molecule has 0 saturated heterocycles. The fourth-order valence-corrected chi connectivity index (χ4v) is 3.79. The van der Waals surface area contributed by atoms with Crippen LogP contribution in [0.3, 0.4) is 0 Å². The average Bonchev–Trinajstić information content (AvgIpc) is 2.04. The van der Waals surface area contributed by atoms with Crippen molar-refractivity contribution in [2.24, 2.45) is 0 Å². The van der Waals surface area contributed by atoms with Crippen LogP contribution < -0.4 is 0 Å². The lowest BCUT2D eigenvalue weighted by molar-refractivity contribution is 0.607. The van der Waals surface area contributed by atoms with Gasteiger partial charge in [-0.3, -0.25) is 0 Å². The molecule has 2 nitrogen and oxygen atoms in total. The molecular weight excluding hydrogens is 228 g/mol. The molecule has 0 aromatic heterocycles. The first-order valence-electron chi connectivity index (χ1n) is 3.32. The highest BCUT2D eigenvalue weighted by molar-refractivity contribution is 9.12. The topological polar surface area (TPSA) is 34.1 Å². The first kappa shape index (κ1) is 9.00. The van der Waals surface area contributed by atoms with Crippen molar-refractivity contribution in [1.82, 2.24) is 0 Å². The van der Waals surface area contributed by atoms with Crippen molar-refractivity contribution in [3.8, 4) is 0 Å². The van der Waals surface area contributed by atoms with Gasteiger partial charge in [0.15, 0.2) is 9.84 Å². The highest BCUT2D eigenvalue weighted by atomic mass is 79.9. The van der Waals surface area contributed by atoms with Crippen LogP contribution in [-0.2, 0) is 9.84 Å². The minimum atomic E-state index is -3.07. The lowest BCUT2D eigenvalue weighted by atomic mass is 10.4. The van der Waals surface area contributed by atoms with E-state index in [9.17, 15) is 8.42 Å². The van der Waals surface area contributed by atoms with Crippen molar-refractivity contribution in [3.05, 3.63) is 20.4 Å². The van der Waals surface area contributed by atoms with Crippen LogP contribution in [0.25, 0.3) is 0 Å². The average molecular weight is 237 g/mol. The molecule has 0 aromatic carbocycles. The van der Waals surface area contributed by atoms with Crippen LogP contribution in [0.4, 0.5) is 0 Å². The van der Waals surface area contributed by atoms with E-state index in [0.29, 0.717) is 20.7 Å². The molecule has 0 radical (unpaired) electrons. The van der Waals surface area contributed by atoms with Gasteiger partial charge in [0, 0.05) is 9.39 Å². The number of rotatable bonds is 1. The number of sulfone groups is 1. The quantitative estimate of drug-likeness (QED) is 0.701. The SMILES string of the molecule is CCC1=C(Br)C=C(C)S1(=O)=O. The van der Waals surface area contributed by atoms with Gasteiger partial charge in [-0.05, 0) is 35.4 Å². The Hall–Kier alpha value is -0.0900. The summed E-state index contributed by atoms with van der Waals surface area (Å²) in [6.07, 6.45) is 2.20. The summed E-state index contributed by atoms with van der Waals surface area (Å²) in [5.74, 6) is 0. The summed E-state index contributed by atoms with van der Waals surface area (Å²) in [7, 11) is -3.07. The summed E-state index contributed by atoms with van der Waals surface area (Å²) < 4.78 is 23.5. The molecular formula is C7H9BrO2S. The Kier molecular flexibility index (Phi) is 2.25. The Labute approximate surface area is 75.0 Å². The molecule has 0 N–H and O–H groups in total. The smallest absolute Gasteiger partial charge is 0.199 e. The van der Waals surface area contributed by atoms with Crippen LogP contribution >= 0.6 is 15.9 Å². The van der Waals surface area contributed by atoms with Crippen LogP contribution in [0.15, 0.2) is 20.4 Å². The molecule has 0 aliphatic carbocycles. The first-order valence-corrected chi connectivity index (χ1v) is 5.59. The number of hydrogen-bond donors (Lipinski definition) is 0. The highest BCUT2D eigenvalue weighted by Gasteiger charge is 2.26. The minimum Gasteiger partial charge on any atom is -0.219 e. The van der Waals surface area contributed by atoms with Crippen LogP contribution in [0, 0.1) is 0 Å². The fourth-order valence-electron chi connectivity index (χ4n) is 1.02. The summed E-state index contributed by atoms with van der Waals surface area (Å²) in [5.41, 5.74) is 0. The summed E-state index contributed by atoms with van der Waals surface area (Å²) in [6, 6.07) is 0. The molecule has 1 aliphatic rings. The molecule has 0 unspecified atom stereocenters. The molecule has 1 aliphatic heterocycles. The monoisotopic (exact) mass is 236 g/mol. The zero-order valence-electron chi connectivity index (χ0n) is 6.39. The lowest BCUT2D eigenvalue weighted by Gasteiger charge is -1.99. The van der Waals surface area contributed by atoms with Gasteiger partial charge >= 0.3 is 0 Å². The highest BCUT2D eigenvalue weighted by Crippen LogP contribution is 2.34. The van der Waals surface area contributed by atoms with Gasteiger partial charge in [0.1, 0.15) is 0 Å².